The number of anilines is 1. The van der Waals surface area contributed by atoms with Gasteiger partial charge in [-0.3, -0.25) is 0 Å². The van der Waals surface area contributed by atoms with E-state index in [1.807, 2.05) is 12.1 Å². The highest BCUT2D eigenvalue weighted by molar-refractivity contribution is 6.02. The number of nitrogens with one attached hydrogen (secondary N) is 2. The molecule has 0 saturated carbocycles. The van der Waals surface area contributed by atoms with Crippen LogP contribution in [0.25, 0.3) is 33.2 Å². The van der Waals surface area contributed by atoms with Crippen molar-refractivity contribution in [3.8, 4) is 11.3 Å². The van der Waals surface area contributed by atoms with Crippen molar-refractivity contribution in [3.63, 3.8) is 0 Å². The Morgan fingerprint density at radius 3 is 2.83 bits per heavy atom. The molecule has 4 aromatic rings. The molecule has 4 heterocycles. The summed E-state index contributed by atoms with van der Waals surface area (Å²) < 4.78 is 2.21. The van der Waals surface area contributed by atoms with Crippen molar-refractivity contribution in [2.24, 2.45) is 0 Å². The number of H-pyrrole nitrogens is 1. The van der Waals surface area contributed by atoms with E-state index in [4.69, 9.17) is 5.73 Å². The zero-order valence-electron chi connectivity index (χ0n) is 12.5. The average molecular weight is 304 g/mol. The Labute approximate surface area is 132 Å². The molecule has 0 radical (unpaired) electrons. The van der Waals surface area contributed by atoms with E-state index in [1.54, 1.807) is 0 Å². The van der Waals surface area contributed by atoms with Crippen LogP contribution < -0.4 is 11.1 Å². The van der Waals surface area contributed by atoms with Gasteiger partial charge in [0.25, 0.3) is 0 Å². The summed E-state index contributed by atoms with van der Waals surface area (Å²) in [5, 5.41) is 5.41. The van der Waals surface area contributed by atoms with Crippen LogP contribution in [0.3, 0.4) is 0 Å². The number of nitrogen functional groups attached to an aromatic ring is 1. The van der Waals surface area contributed by atoms with Crippen LogP contribution in [0.2, 0.25) is 0 Å². The van der Waals surface area contributed by atoms with Crippen LogP contribution >= 0.6 is 0 Å². The molecule has 1 saturated heterocycles. The van der Waals surface area contributed by atoms with Gasteiger partial charge in [0.15, 0.2) is 0 Å². The second-order valence-corrected chi connectivity index (χ2v) is 5.99. The lowest BCUT2D eigenvalue weighted by molar-refractivity contribution is 0.350. The van der Waals surface area contributed by atoms with E-state index in [2.05, 4.69) is 49.2 Å². The summed E-state index contributed by atoms with van der Waals surface area (Å²) in [7, 11) is 0. The van der Waals surface area contributed by atoms with Gasteiger partial charge in [-0.15, -0.1) is 0 Å². The number of fused-ring (bicyclic) bond motifs is 2. The average Bonchev–Trinajstić information content (AvgIpc) is 3.08. The molecule has 3 aromatic heterocycles. The monoisotopic (exact) mass is 304 g/mol. The number of rotatable bonds is 2. The molecule has 0 aliphatic carbocycles. The van der Waals surface area contributed by atoms with E-state index in [1.165, 1.54) is 11.7 Å². The van der Waals surface area contributed by atoms with E-state index in [0.29, 0.717) is 11.9 Å². The van der Waals surface area contributed by atoms with Crippen molar-refractivity contribution < 1.29 is 0 Å². The number of aromatic amines is 1. The highest BCUT2D eigenvalue weighted by Gasteiger charge is 2.24. The van der Waals surface area contributed by atoms with Gasteiger partial charge < -0.3 is 20.6 Å². The predicted octanol–water partition coefficient (Wildman–Crippen LogP) is 2.31. The fourth-order valence-electron chi connectivity index (χ4n) is 3.28. The van der Waals surface area contributed by atoms with Crippen LogP contribution in [0.1, 0.15) is 6.04 Å². The smallest absolute Gasteiger partial charge is 0.146 e. The molecule has 6 nitrogen and oxygen atoms in total. The van der Waals surface area contributed by atoms with E-state index >= 15 is 0 Å². The number of benzene rings is 1. The van der Waals surface area contributed by atoms with Gasteiger partial charge in [-0.1, -0.05) is 18.2 Å². The van der Waals surface area contributed by atoms with Crippen molar-refractivity contribution in [3.05, 3.63) is 42.9 Å². The predicted molar refractivity (Wildman–Crippen MR) is 91.1 cm³/mol. The summed E-state index contributed by atoms with van der Waals surface area (Å²) in [6.07, 6.45) is 3.68. The first-order valence-corrected chi connectivity index (χ1v) is 7.71. The highest BCUT2D eigenvalue weighted by Crippen LogP contribution is 2.35. The Bertz CT molecular complexity index is 991. The summed E-state index contributed by atoms with van der Waals surface area (Å²) in [6, 6.07) is 10.8. The molecule has 5 rings (SSSR count). The molecule has 4 N–H and O–H groups in total. The third kappa shape index (κ3) is 1.78. The standard InChI is InChI=1S/C17H16N6/c18-16-15-12(14-5-10-3-1-2-4-13(10)22-14)8-23(11-6-19-7-11)17(15)21-9-20-16/h1-5,8-9,11,19,22H,6-7H2,(H2,18,20,21). The first-order valence-electron chi connectivity index (χ1n) is 7.71. The van der Waals surface area contributed by atoms with Gasteiger partial charge >= 0.3 is 0 Å². The maximum absolute atomic E-state index is 6.17. The second-order valence-electron chi connectivity index (χ2n) is 5.99. The zero-order chi connectivity index (χ0) is 15.4. The summed E-state index contributed by atoms with van der Waals surface area (Å²) >= 11 is 0. The largest absolute Gasteiger partial charge is 0.383 e. The van der Waals surface area contributed by atoms with E-state index in [9.17, 15) is 0 Å². The molecule has 1 aromatic carbocycles. The first kappa shape index (κ1) is 12.7. The Hall–Kier alpha value is -2.86. The van der Waals surface area contributed by atoms with Crippen molar-refractivity contribution >= 4 is 27.8 Å². The Morgan fingerprint density at radius 1 is 1.17 bits per heavy atom. The van der Waals surface area contributed by atoms with Gasteiger partial charge in [0, 0.05) is 41.4 Å². The number of nitrogens with two attached hydrogens (primary N) is 1. The molecule has 23 heavy (non-hydrogen) atoms. The first-order chi connectivity index (χ1) is 11.3. The van der Waals surface area contributed by atoms with Crippen molar-refractivity contribution in [2.75, 3.05) is 18.8 Å². The number of hydrogen-bond donors (Lipinski definition) is 3. The molecule has 114 valence electrons. The minimum Gasteiger partial charge on any atom is -0.383 e. The van der Waals surface area contributed by atoms with Gasteiger partial charge in [-0.05, 0) is 12.1 Å². The number of para-hydroxylation sites is 1. The molecule has 6 heteroatoms. The van der Waals surface area contributed by atoms with E-state index < -0.39 is 0 Å². The normalized spacial score (nSPS) is 15.3. The second kappa shape index (κ2) is 4.57. The summed E-state index contributed by atoms with van der Waals surface area (Å²) in [5.74, 6) is 0.523. The van der Waals surface area contributed by atoms with Gasteiger partial charge in [0.2, 0.25) is 0 Å². The highest BCUT2D eigenvalue weighted by atomic mass is 15.2. The Kier molecular flexibility index (Phi) is 2.51. The van der Waals surface area contributed by atoms with Crippen molar-refractivity contribution in [1.82, 2.24) is 24.8 Å². The molecule has 0 amide bonds. The molecular weight excluding hydrogens is 288 g/mol. The number of hydrogen-bond acceptors (Lipinski definition) is 4. The number of aromatic nitrogens is 4. The lowest BCUT2D eigenvalue weighted by Crippen LogP contribution is -2.43. The third-order valence-corrected chi connectivity index (χ3v) is 4.61. The molecule has 0 unspecified atom stereocenters. The molecule has 0 bridgehead atoms. The van der Waals surface area contributed by atoms with Gasteiger partial charge in [0.1, 0.15) is 17.8 Å². The molecule has 1 aliphatic heterocycles. The van der Waals surface area contributed by atoms with Crippen LogP contribution in [-0.2, 0) is 0 Å². The van der Waals surface area contributed by atoms with E-state index in [0.717, 1.165) is 40.9 Å². The Morgan fingerprint density at radius 2 is 2.04 bits per heavy atom. The molecule has 1 aliphatic rings. The fraction of sp³-hybridized carbons (Fsp3) is 0.176. The fourth-order valence-corrected chi connectivity index (χ4v) is 3.28. The summed E-state index contributed by atoms with van der Waals surface area (Å²) in [5.41, 5.74) is 10.3. The third-order valence-electron chi connectivity index (χ3n) is 4.61. The maximum Gasteiger partial charge on any atom is 0.146 e. The summed E-state index contributed by atoms with van der Waals surface area (Å²) in [4.78, 5) is 12.1. The van der Waals surface area contributed by atoms with Crippen LogP contribution in [0.5, 0.6) is 0 Å². The molecule has 1 fully saturated rings. The van der Waals surface area contributed by atoms with Crippen molar-refractivity contribution in [2.45, 2.75) is 6.04 Å². The van der Waals surface area contributed by atoms with Gasteiger partial charge in [-0.2, -0.15) is 0 Å². The van der Waals surface area contributed by atoms with Gasteiger partial charge in [-0.25, -0.2) is 9.97 Å². The lowest BCUT2D eigenvalue weighted by atomic mass is 10.1. The molecule has 0 spiro atoms. The van der Waals surface area contributed by atoms with Crippen LogP contribution in [-0.4, -0.2) is 32.6 Å². The number of nitrogens with zero attached hydrogens (tertiary/aromatic N) is 3. The van der Waals surface area contributed by atoms with Crippen LogP contribution in [0.15, 0.2) is 42.9 Å². The SMILES string of the molecule is Nc1ncnc2c1c(-c1cc3ccccc3[nH]1)cn2C1CNC1. The summed E-state index contributed by atoms with van der Waals surface area (Å²) in [6.45, 7) is 1.92. The topological polar surface area (TPSA) is 84.6 Å². The zero-order valence-corrected chi connectivity index (χ0v) is 12.5. The maximum atomic E-state index is 6.17. The quantitative estimate of drug-likeness (QED) is 0.530. The molecular formula is C17H16N6. The van der Waals surface area contributed by atoms with Gasteiger partial charge in [0.05, 0.1) is 11.4 Å². The minimum absolute atomic E-state index is 0.421. The minimum atomic E-state index is 0.421. The van der Waals surface area contributed by atoms with E-state index in [-0.39, 0.29) is 0 Å². The van der Waals surface area contributed by atoms with Crippen LogP contribution in [0, 0.1) is 0 Å². The lowest BCUT2D eigenvalue weighted by Gasteiger charge is -2.28. The molecule has 0 atom stereocenters. The Balaban J connectivity index is 1.80. The van der Waals surface area contributed by atoms with Crippen LogP contribution in [0.4, 0.5) is 5.82 Å². The van der Waals surface area contributed by atoms with Crippen molar-refractivity contribution in [1.29, 1.82) is 0 Å².